The summed E-state index contributed by atoms with van der Waals surface area (Å²) >= 11 is 0. The van der Waals surface area contributed by atoms with Gasteiger partial charge in [0, 0.05) is 24.3 Å². The van der Waals surface area contributed by atoms with Crippen molar-refractivity contribution in [3.63, 3.8) is 0 Å². The summed E-state index contributed by atoms with van der Waals surface area (Å²) in [7, 11) is 1.33. The number of methoxy groups -OCH3 is 1. The lowest BCUT2D eigenvalue weighted by Gasteiger charge is -2.27. The van der Waals surface area contributed by atoms with Gasteiger partial charge in [0.2, 0.25) is 0 Å². The minimum atomic E-state index is -1.33. The highest BCUT2D eigenvalue weighted by Crippen LogP contribution is 2.37. The third kappa shape index (κ3) is 2.89. The monoisotopic (exact) mass is 331 g/mol. The second-order valence-electron chi connectivity index (χ2n) is 5.51. The van der Waals surface area contributed by atoms with Crippen LogP contribution in [-0.4, -0.2) is 13.3 Å². The smallest absolute Gasteiger partial charge is 0.143 e. The molecule has 2 aromatic carbocycles. The molecule has 1 aliphatic rings. The number of hydrogen-bond donors (Lipinski definition) is 1. The van der Waals surface area contributed by atoms with Crippen LogP contribution in [-0.2, 0) is 0 Å². The van der Waals surface area contributed by atoms with Crippen molar-refractivity contribution < 1.29 is 17.9 Å². The van der Waals surface area contributed by atoms with E-state index in [4.69, 9.17) is 4.74 Å². The molecule has 0 aromatic heterocycles. The van der Waals surface area contributed by atoms with Gasteiger partial charge in [-0.1, -0.05) is 36.9 Å². The summed E-state index contributed by atoms with van der Waals surface area (Å²) in [5.41, 5.74) is 1.22. The topological polar surface area (TPSA) is 21.3 Å². The number of hydrogen-bond acceptors (Lipinski definition) is 2. The standard InChI is InChI=1S/C19H16F3NO/c1-11-15(20)10-14(12-6-4-3-5-7-12)19(23-11)18-16(21)8-13(24-2)9-17(18)22/h3-9,15,23H,1,10H2,2H3. The van der Waals surface area contributed by atoms with E-state index in [0.29, 0.717) is 11.1 Å². The van der Waals surface area contributed by atoms with E-state index in [0.717, 1.165) is 12.1 Å². The van der Waals surface area contributed by atoms with Crippen LogP contribution in [0.1, 0.15) is 17.5 Å². The van der Waals surface area contributed by atoms with Gasteiger partial charge in [0.1, 0.15) is 23.6 Å². The first-order valence-corrected chi connectivity index (χ1v) is 7.43. The van der Waals surface area contributed by atoms with Crippen molar-refractivity contribution in [3.05, 3.63) is 77.5 Å². The van der Waals surface area contributed by atoms with Gasteiger partial charge in [-0.15, -0.1) is 0 Å². The lowest BCUT2D eigenvalue weighted by Crippen LogP contribution is -2.27. The summed E-state index contributed by atoms with van der Waals surface area (Å²) in [4.78, 5) is 0. The van der Waals surface area contributed by atoms with Crippen LogP contribution in [0.15, 0.2) is 54.7 Å². The Balaban J connectivity index is 2.23. The van der Waals surface area contributed by atoms with E-state index < -0.39 is 17.8 Å². The van der Waals surface area contributed by atoms with Crippen LogP contribution in [0.5, 0.6) is 5.75 Å². The number of alkyl halides is 1. The van der Waals surface area contributed by atoms with Crippen molar-refractivity contribution in [2.45, 2.75) is 12.6 Å². The highest BCUT2D eigenvalue weighted by atomic mass is 19.1. The van der Waals surface area contributed by atoms with Gasteiger partial charge >= 0.3 is 0 Å². The lowest BCUT2D eigenvalue weighted by molar-refractivity contribution is 0.374. The van der Waals surface area contributed by atoms with E-state index in [1.807, 2.05) is 6.07 Å². The van der Waals surface area contributed by atoms with Gasteiger partial charge in [-0.05, 0) is 11.1 Å². The van der Waals surface area contributed by atoms with Gasteiger partial charge in [-0.2, -0.15) is 0 Å². The summed E-state index contributed by atoms with van der Waals surface area (Å²) in [5, 5.41) is 2.74. The normalized spacial score (nSPS) is 17.7. The molecule has 1 heterocycles. The predicted molar refractivity (Wildman–Crippen MR) is 88.0 cm³/mol. The fraction of sp³-hybridized carbons (Fsp3) is 0.158. The molecule has 24 heavy (non-hydrogen) atoms. The van der Waals surface area contributed by atoms with Crippen LogP contribution in [0.2, 0.25) is 0 Å². The van der Waals surface area contributed by atoms with Gasteiger partial charge in [-0.25, -0.2) is 13.2 Å². The van der Waals surface area contributed by atoms with E-state index in [9.17, 15) is 13.2 Å². The minimum absolute atomic E-state index is 0.00388. The molecule has 3 rings (SSSR count). The van der Waals surface area contributed by atoms with Crippen LogP contribution in [0.3, 0.4) is 0 Å². The average Bonchev–Trinajstić information content (AvgIpc) is 2.57. The molecule has 0 saturated heterocycles. The SMILES string of the molecule is C=C1NC(c2c(F)cc(OC)cc2F)=C(c2ccccc2)CC1F. The molecule has 1 atom stereocenters. The lowest BCUT2D eigenvalue weighted by atomic mass is 9.90. The van der Waals surface area contributed by atoms with E-state index >= 15 is 0 Å². The second-order valence-corrected chi connectivity index (χ2v) is 5.51. The maximum atomic E-state index is 14.5. The second kappa shape index (κ2) is 6.43. The number of allylic oxidation sites excluding steroid dienone is 2. The van der Waals surface area contributed by atoms with Gasteiger partial charge in [0.25, 0.3) is 0 Å². The highest BCUT2D eigenvalue weighted by Gasteiger charge is 2.28. The first-order valence-electron chi connectivity index (χ1n) is 7.43. The molecule has 1 N–H and O–H groups in total. The molecule has 0 spiro atoms. The Morgan fingerprint density at radius 1 is 1.12 bits per heavy atom. The zero-order valence-corrected chi connectivity index (χ0v) is 13.1. The van der Waals surface area contributed by atoms with Crippen molar-refractivity contribution in [2.75, 3.05) is 7.11 Å². The Kier molecular flexibility index (Phi) is 4.34. The minimum Gasteiger partial charge on any atom is -0.497 e. The molecule has 0 aliphatic carbocycles. The number of benzene rings is 2. The number of halogens is 3. The fourth-order valence-corrected chi connectivity index (χ4v) is 2.74. The van der Waals surface area contributed by atoms with Gasteiger partial charge in [-0.3, -0.25) is 0 Å². The molecule has 1 unspecified atom stereocenters. The summed E-state index contributed by atoms with van der Waals surface area (Å²) in [6.45, 7) is 3.60. The first kappa shape index (κ1) is 16.2. The van der Waals surface area contributed by atoms with Crippen molar-refractivity contribution in [2.24, 2.45) is 0 Å². The van der Waals surface area contributed by atoms with Crippen molar-refractivity contribution in [1.82, 2.24) is 5.32 Å². The molecular weight excluding hydrogens is 315 g/mol. The maximum Gasteiger partial charge on any atom is 0.143 e. The Morgan fingerprint density at radius 2 is 1.75 bits per heavy atom. The summed E-state index contributed by atoms with van der Waals surface area (Å²) in [6, 6.07) is 11.1. The Bertz CT molecular complexity index is 792. The van der Waals surface area contributed by atoms with Crippen molar-refractivity contribution >= 4 is 11.3 Å². The fourth-order valence-electron chi connectivity index (χ4n) is 2.74. The van der Waals surface area contributed by atoms with Crippen LogP contribution < -0.4 is 10.1 Å². The average molecular weight is 331 g/mol. The summed E-state index contributed by atoms with van der Waals surface area (Å²) in [5.74, 6) is -1.49. The van der Waals surface area contributed by atoms with Crippen LogP contribution >= 0.6 is 0 Å². The van der Waals surface area contributed by atoms with E-state index in [-0.39, 0.29) is 29.1 Å². The first-order chi connectivity index (χ1) is 11.5. The van der Waals surface area contributed by atoms with Crippen molar-refractivity contribution in [3.8, 4) is 5.75 Å². The van der Waals surface area contributed by atoms with E-state index in [1.165, 1.54) is 7.11 Å². The van der Waals surface area contributed by atoms with Gasteiger partial charge < -0.3 is 10.1 Å². The van der Waals surface area contributed by atoms with E-state index in [2.05, 4.69) is 11.9 Å². The molecule has 2 nitrogen and oxygen atoms in total. The largest absolute Gasteiger partial charge is 0.497 e. The van der Waals surface area contributed by atoms with Gasteiger partial charge in [0.15, 0.2) is 0 Å². The van der Waals surface area contributed by atoms with Crippen LogP contribution in [0, 0.1) is 11.6 Å². The Hall–Kier alpha value is -2.69. The van der Waals surface area contributed by atoms with Crippen molar-refractivity contribution in [1.29, 1.82) is 0 Å². The zero-order chi connectivity index (χ0) is 17.3. The Labute approximate surface area is 138 Å². The molecular formula is C19H16F3NO. The molecule has 5 heteroatoms. The quantitative estimate of drug-likeness (QED) is 0.881. The highest BCUT2D eigenvalue weighted by molar-refractivity contribution is 5.92. The summed E-state index contributed by atoms with van der Waals surface area (Å²) < 4.78 is 47.9. The Morgan fingerprint density at radius 3 is 2.33 bits per heavy atom. The predicted octanol–water partition coefficient (Wildman–Crippen LogP) is 4.69. The number of ether oxygens (including phenoxy) is 1. The third-order valence-electron chi connectivity index (χ3n) is 3.97. The number of rotatable bonds is 3. The molecule has 124 valence electrons. The molecule has 0 amide bonds. The summed E-state index contributed by atoms with van der Waals surface area (Å²) in [6.07, 6.45) is -1.33. The zero-order valence-electron chi connectivity index (χ0n) is 13.1. The third-order valence-corrected chi connectivity index (χ3v) is 3.97. The molecule has 0 fully saturated rings. The molecule has 1 aliphatic heterocycles. The number of nitrogens with one attached hydrogen (secondary N) is 1. The molecule has 0 saturated carbocycles. The van der Waals surface area contributed by atoms with Crippen LogP contribution in [0.25, 0.3) is 11.3 Å². The molecule has 0 radical (unpaired) electrons. The molecule has 2 aromatic rings. The van der Waals surface area contributed by atoms with Crippen LogP contribution in [0.4, 0.5) is 13.2 Å². The molecule has 0 bridgehead atoms. The maximum absolute atomic E-state index is 14.5. The van der Waals surface area contributed by atoms with Gasteiger partial charge in [0.05, 0.1) is 18.4 Å². The van der Waals surface area contributed by atoms with E-state index in [1.54, 1.807) is 24.3 Å².